The first kappa shape index (κ1) is 21.5. The summed E-state index contributed by atoms with van der Waals surface area (Å²) in [5.74, 6) is 0.199. The first-order chi connectivity index (χ1) is 14.6. The van der Waals surface area contributed by atoms with Gasteiger partial charge < -0.3 is 4.74 Å². The van der Waals surface area contributed by atoms with E-state index in [1.54, 1.807) is 36.5 Å². The molecule has 0 aliphatic rings. The average Bonchev–Trinajstić information content (AvgIpc) is 3.19. The quantitative estimate of drug-likeness (QED) is 0.259. The fourth-order valence-corrected chi connectivity index (χ4v) is 3.65. The second-order valence-corrected chi connectivity index (χ2v) is 8.26. The minimum Gasteiger partial charge on any atom is -0.490 e. The minimum atomic E-state index is -0.492. The van der Waals surface area contributed by atoms with E-state index in [-0.39, 0.29) is 5.57 Å². The van der Waals surface area contributed by atoms with Crippen molar-refractivity contribution >= 4 is 44.4 Å². The number of aromatic nitrogens is 1. The number of nitriles is 1. The number of anilines is 1. The highest BCUT2D eigenvalue weighted by Crippen LogP contribution is 2.23. The minimum absolute atomic E-state index is 0.000538. The van der Waals surface area contributed by atoms with E-state index < -0.39 is 5.91 Å². The summed E-state index contributed by atoms with van der Waals surface area (Å²) in [7, 11) is 0. The molecule has 30 heavy (non-hydrogen) atoms. The van der Waals surface area contributed by atoms with Crippen molar-refractivity contribution in [2.45, 2.75) is 6.42 Å². The maximum atomic E-state index is 12.5. The molecule has 7 heteroatoms. The summed E-state index contributed by atoms with van der Waals surface area (Å²) in [6.45, 7) is 4.02. The van der Waals surface area contributed by atoms with Crippen molar-refractivity contribution in [2.24, 2.45) is 0 Å². The molecule has 1 aromatic heterocycles. The van der Waals surface area contributed by atoms with E-state index in [4.69, 9.17) is 4.74 Å². The van der Waals surface area contributed by atoms with Gasteiger partial charge in [-0.2, -0.15) is 5.26 Å². The van der Waals surface area contributed by atoms with Crippen LogP contribution in [0.2, 0.25) is 0 Å². The normalized spacial score (nSPS) is 10.9. The van der Waals surface area contributed by atoms with Gasteiger partial charge in [0.05, 0.1) is 0 Å². The highest BCUT2D eigenvalue weighted by atomic mass is 79.9. The number of benzene rings is 2. The van der Waals surface area contributed by atoms with Gasteiger partial charge in [0, 0.05) is 22.0 Å². The number of carbonyl (C=O) groups is 1. The van der Waals surface area contributed by atoms with Gasteiger partial charge in [-0.3, -0.25) is 10.1 Å². The molecule has 150 valence electrons. The number of ether oxygens (including phenoxy) is 1. The zero-order valence-corrected chi connectivity index (χ0v) is 18.4. The molecule has 5 nitrogen and oxygen atoms in total. The van der Waals surface area contributed by atoms with Gasteiger partial charge in [-0.05, 0) is 41.5 Å². The largest absolute Gasteiger partial charge is 0.490 e. The van der Waals surface area contributed by atoms with Gasteiger partial charge in [0.1, 0.15) is 24.0 Å². The molecular formula is C23H18BrN3O2S. The van der Waals surface area contributed by atoms with Crippen LogP contribution in [0, 0.1) is 11.3 Å². The third-order valence-corrected chi connectivity index (χ3v) is 5.43. The zero-order chi connectivity index (χ0) is 21.3. The van der Waals surface area contributed by atoms with Crippen molar-refractivity contribution in [1.29, 1.82) is 5.26 Å². The van der Waals surface area contributed by atoms with Crippen LogP contribution in [0.5, 0.6) is 5.75 Å². The summed E-state index contributed by atoms with van der Waals surface area (Å²) in [5, 5.41) is 12.6. The third-order valence-electron chi connectivity index (χ3n) is 3.99. The van der Waals surface area contributed by atoms with Crippen LogP contribution >= 0.6 is 27.3 Å². The molecule has 0 saturated heterocycles. The number of nitrogens with zero attached hydrogens (tertiary/aromatic N) is 2. The van der Waals surface area contributed by atoms with Crippen LogP contribution < -0.4 is 10.1 Å². The van der Waals surface area contributed by atoms with Crippen LogP contribution in [0.25, 0.3) is 6.08 Å². The van der Waals surface area contributed by atoms with Gasteiger partial charge in [-0.1, -0.05) is 52.9 Å². The van der Waals surface area contributed by atoms with Crippen molar-refractivity contribution in [3.8, 4) is 11.8 Å². The number of thiazole rings is 1. The van der Waals surface area contributed by atoms with Gasteiger partial charge in [0.2, 0.25) is 0 Å². The molecule has 1 amide bonds. The Labute approximate surface area is 187 Å². The molecule has 1 heterocycles. The Hall–Kier alpha value is -3.21. The number of rotatable bonds is 8. The van der Waals surface area contributed by atoms with E-state index >= 15 is 0 Å². The lowest BCUT2D eigenvalue weighted by Crippen LogP contribution is -2.13. The van der Waals surface area contributed by atoms with E-state index in [1.807, 2.05) is 30.3 Å². The molecule has 1 N–H and O–H groups in total. The number of amides is 1. The standard InChI is InChI=1S/C23H18BrN3O2S/c1-2-11-29-20-9-5-16(6-10-20)12-18(14-25)22(28)27-23-26-15-21(30-23)13-17-3-7-19(24)8-4-17/h2-10,12,15H,1,11,13H2,(H,26,27,28). The maximum Gasteiger partial charge on any atom is 0.268 e. The smallest absolute Gasteiger partial charge is 0.268 e. The van der Waals surface area contributed by atoms with Crippen LogP contribution in [0.4, 0.5) is 5.13 Å². The number of hydrogen-bond acceptors (Lipinski definition) is 5. The lowest BCUT2D eigenvalue weighted by molar-refractivity contribution is -0.112. The highest BCUT2D eigenvalue weighted by molar-refractivity contribution is 9.10. The zero-order valence-electron chi connectivity index (χ0n) is 16.0. The molecule has 0 spiro atoms. The lowest BCUT2D eigenvalue weighted by atomic mass is 10.1. The van der Waals surface area contributed by atoms with Crippen molar-refractivity contribution in [3.63, 3.8) is 0 Å². The first-order valence-corrected chi connectivity index (χ1v) is 10.6. The Bertz CT molecular complexity index is 1100. The number of nitrogens with one attached hydrogen (secondary N) is 1. The molecular weight excluding hydrogens is 462 g/mol. The Morgan fingerprint density at radius 3 is 2.63 bits per heavy atom. The van der Waals surface area contributed by atoms with Crippen molar-refractivity contribution in [1.82, 2.24) is 4.98 Å². The number of carbonyl (C=O) groups excluding carboxylic acids is 1. The Morgan fingerprint density at radius 2 is 1.97 bits per heavy atom. The van der Waals surface area contributed by atoms with E-state index in [9.17, 15) is 10.1 Å². The van der Waals surface area contributed by atoms with Gasteiger partial charge >= 0.3 is 0 Å². The molecule has 3 aromatic rings. The highest BCUT2D eigenvalue weighted by Gasteiger charge is 2.12. The van der Waals surface area contributed by atoms with Crippen molar-refractivity contribution in [2.75, 3.05) is 11.9 Å². The summed E-state index contributed by atoms with van der Waals surface area (Å²) in [6.07, 6.45) is 5.65. The Kier molecular flexibility index (Phi) is 7.55. The molecule has 0 aliphatic heterocycles. The molecule has 0 saturated carbocycles. The molecule has 0 atom stereocenters. The first-order valence-electron chi connectivity index (χ1n) is 9.03. The molecule has 0 unspecified atom stereocenters. The van der Waals surface area contributed by atoms with Crippen LogP contribution in [0.1, 0.15) is 16.0 Å². The summed E-state index contributed by atoms with van der Waals surface area (Å²) in [6, 6.07) is 17.1. The predicted octanol–water partition coefficient (Wildman–Crippen LogP) is 5.61. The maximum absolute atomic E-state index is 12.5. The van der Waals surface area contributed by atoms with Crippen LogP contribution in [-0.2, 0) is 11.2 Å². The predicted molar refractivity (Wildman–Crippen MR) is 123 cm³/mol. The third kappa shape index (κ3) is 6.14. The molecule has 3 rings (SSSR count). The second-order valence-electron chi connectivity index (χ2n) is 6.23. The Balaban J connectivity index is 1.64. The monoisotopic (exact) mass is 479 g/mol. The summed E-state index contributed by atoms with van der Waals surface area (Å²) < 4.78 is 6.45. The fraction of sp³-hybridized carbons (Fsp3) is 0.0870. The molecule has 2 aromatic carbocycles. The summed E-state index contributed by atoms with van der Waals surface area (Å²) >= 11 is 4.81. The average molecular weight is 480 g/mol. The number of halogens is 1. The van der Waals surface area contributed by atoms with Gasteiger partial charge in [-0.25, -0.2) is 4.98 Å². The fourth-order valence-electron chi connectivity index (χ4n) is 2.55. The molecule has 0 aliphatic carbocycles. The van der Waals surface area contributed by atoms with Crippen molar-refractivity contribution < 1.29 is 9.53 Å². The second kappa shape index (κ2) is 10.5. The van der Waals surface area contributed by atoms with Crippen LogP contribution in [0.15, 0.2) is 77.4 Å². The van der Waals surface area contributed by atoms with E-state index in [1.165, 1.54) is 17.4 Å². The van der Waals surface area contributed by atoms with Crippen LogP contribution in [0.3, 0.4) is 0 Å². The SMILES string of the molecule is C=CCOc1ccc(C=C(C#N)C(=O)Nc2ncc(Cc3ccc(Br)cc3)s2)cc1. The molecule has 0 bridgehead atoms. The lowest BCUT2D eigenvalue weighted by Gasteiger charge is -2.03. The summed E-state index contributed by atoms with van der Waals surface area (Å²) in [4.78, 5) is 17.8. The van der Waals surface area contributed by atoms with E-state index in [0.717, 1.165) is 26.9 Å². The summed E-state index contributed by atoms with van der Waals surface area (Å²) in [5.41, 5.74) is 1.87. The van der Waals surface area contributed by atoms with Gasteiger partial charge in [-0.15, -0.1) is 11.3 Å². The van der Waals surface area contributed by atoms with E-state index in [0.29, 0.717) is 17.5 Å². The Morgan fingerprint density at radius 1 is 1.23 bits per heavy atom. The molecule has 0 fully saturated rings. The molecule has 0 radical (unpaired) electrons. The van der Waals surface area contributed by atoms with Crippen LogP contribution in [-0.4, -0.2) is 17.5 Å². The van der Waals surface area contributed by atoms with Crippen molar-refractivity contribution in [3.05, 3.63) is 93.4 Å². The van der Waals surface area contributed by atoms with Gasteiger partial charge in [0.25, 0.3) is 5.91 Å². The number of hydrogen-bond donors (Lipinski definition) is 1. The topological polar surface area (TPSA) is 75.0 Å². The van der Waals surface area contributed by atoms with E-state index in [2.05, 4.69) is 32.8 Å². The van der Waals surface area contributed by atoms with Gasteiger partial charge in [0.15, 0.2) is 5.13 Å².